The lowest BCUT2D eigenvalue weighted by atomic mass is 9.54. The molecule has 0 aromatic heterocycles. The minimum absolute atomic E-state index is 0.157. The predicted molar refractivity (Wildman–Crippen MR) is 296 cm³/mol. The molecule has 70 heavy (non-hydrogen) atoms. The van der Waals surface area contributed by atoms with Crippen molar-refractivity contribution in [3.05, 3.63) is 329 Å². The molecule has 0 fully saturated rings. The van der Waals surface area contributed by atoms with Crippen LogP contribution in [0, 0.1) is 0 Å². The van der Waals surface area contributed by atoms with Crippen molar-refractivity contribution in [2.75, 3.05) is 9.80 Å². The van der Waals surface area contributed by atoms with Crippen LogP contribution < -0.4 is 9.80 Å². The fraction of sp³-hybridized carbons (Fsp3) is 0.0303. The molecule has 0 saturated carbocycles. The Labute approximate surface area is 421 Å². The zero-order valence-corrected chi connectivity index (χ0v) is 39.9. The third-order valence-electron chi connectivity index (χ3n) is 13.4. The summed E-state index contributed by atoms with van der Waals surface area (Å²) < 4.78 is 0. The van der Waals surface area contributed by atoms with E-state index in [0.29, 0.717) is 10.0 Å². The fourth-order valence-corrected chi connectivity index (χ4v) is 10.7. The van der Waals surface area contributed by atoms with Crippen LogP contribution in [0.4, 0.5) is 34.1 Å². The monoisotopic (exact) mass is 938 g/mol. The number of allylic oxidation sites excluding steroid dienone is 4. The van der Waals surface area contributed by atoms with Crippen molar-refractivity contribution in [3.63, 3.8) is 0 Å². The fourth-order valence-electron chi connectivity index (χ4n) is 10.4. The average Bonchev–Trinajstić information content (AvgIpc) is 3.43. The van der Waals surface area contributed by atoms with E-state index in [2.05, 4.69) is 271 Å². The summed E-state index contributed by atoms with van der Waals surface area (Å²) in [5, 5.41) is 1.40. The van der Waals surface area contributed by atoms with Crippen LogP contribution >= 0.6 is 23.2 Å². The molecule has 1 aliphatic carbocycles. The van der Waals surface area contributed by atoms with E-state index in [9.17, 15) is 0 Å². The molecule has 0 spiro atoms. The van der Waals surface area contributed by atoms with Gasteiger partial charge in [0.25, 0.3) is 0 Å². The zero-order valence-electron chi connectivity index (χ0n) is 38.4. The molecule has 2 unspecified atom stereocenters. The van der Waals surface area contributed by atoms with Crippen LogP contribution in [0.15, 0.2) is 285 Å². The maximum Gasteiger partial charge on any atom is 0.0566 e. The lowest BCUT2D eigenvalue weighted by Crippen LogP contribution is -2.39. The maximum absolute atomic E-state index is 6.46. The lowest BCUT2D eigenvalue weighted by Gasteiger charge is -2.48. The van der Waals surface area contributed by atoms with Crippen LogP contribution in [0.2, 0.25) is 10.0 Å². The summed E-state index contributed by atoms with van der Waals surface area (Å²) >= 11 is 12.9. The van der Waals surface area contributed by atoms with Crippen molar-refractivity contribution in [3.8, 4) is 0 Å². The van der Waals surface area contributed by atoms with Gasteiger partial charge in [0.15, 0.2) is 0 Å². The van der Waals surface area contributed by atoms with Gasteiger partial charge in [0, 0.05) is 50.1 Å². The van der Waals surface area contributed by atoms with Gasteiger partial charge in [-0.05, 0) is 147 Å². The molecule has 336 valence electrons. The van der Waals surface area contributed by atoms with E-state index in [1.165, 1.54) is 33.4 Å². The Bertz CT molecular complexity index is 3380. The molecule has 10 aromatic rings. The first-order valence-electron chi connectivity index (χ1n) is 23.7. The highest BCUT2D eigenvalue weighted by atomic mass is 35.5. The van der Waals surface area contributed by atoms with E-state index >= 15 is 0 Å². The number of hydrogen-bond donors (Lipinski definition) is 0. The Morgan fingerprint density at radius 1 is 0.300 bits per heavy atom. The Hall–Kier alpha value is -8.14. The molecule has 10 aromatic carbocycles. The van der Waals surface area contributed by atoms with Gasteiger partial charge >= 0.3 is 0 Å². The van der Waals surface area contributed by atoms with Crippen molar-refractivity contribution < 1.29 is 0 Å². The van der Waals surface area contributed by atoms with Crippen molar-refractivity contribution in [1.29, 1.82) is 0 Å². The molecule has 0 bridgehead atoms. The smallest absolute Gasteiger partial charge is 0.0566 e. The minimum atomic E-state index is -0.729. The predicted octanol–water partition coefficient (Wildman–Crippen LogP) is 18.7. The van der Waals surface area contributed by atoms with Crippen molar-refractivity contribution in [2.45, 2.75) is 11.3 Å². The molecule has 1 aliphatic rings. The molecular weight excluding hydrogens is 892 g/mol. The van der Waals surface area contributed by atoms with E-state index < -0.39 is 5.41 Å². The highest BCUT2D eigenvalue weighted by molar-refractivity contribution is 6.31. The number of anilines is 6. The molecule has 0 amide bonds. The highest BCUT2D eigenvalue weighted by Crippen LogP contribution is 2.61. The molecule has 2 nitrogen and oxygen atoms in total. The van der Waals surface area contributed by atoms with Crippen molar-refractivity contribution in [2.24, 2.45) is 0 Å². The summed E-state index contributed by atoms with van der Waals surface area (Å²) in [4.78, 5) is 4.57. The first kappa shape index (κ1) is 44.4. The summed E-state index contributed by atoms with van der Waals surface area (Å²) in [6.07, 6.45) is 2.55. The molecular formula is C66H48Cl2N2. The van der Waals surface area contributed by atoms with Crippen LogP contribution in [-0.4, -0.2) is 0 Å². The van der Waals surface area contributed by atoms with Gasteiger partial charge in [-0.25, -0.2) is 0 Å². The highest BCUT2D eigenvalue weighted by Gasteiger charge is 2.50. The Kier molecular flexibility index (Phi) is 12.6. The standard InChI is InChI=1S/C66H48Cl2N2/c67-54-35-43-60(44-36-54)69(56-27-15-5-16-28-56)58-39-31-48(32-40-58)62-47-63(49-19-7-1-8-20-49)66(52-25-13-4-14-26-52,65(51-23-11-3-12-24-51)64(62)50-21-9-2-10-22-50)53-33-41-59(42-34-53)70(57-29-17-6-18-30-57)61-45-37-55(68)38-46-61/h1-47,63H. The normalized spacial score (nSPS) is 15.5. The molecule has 0 saturated heterocycles. The van der Waals surface area contributed by atoms with Gasteiger partial charge < -0.3 is 9.80 Å². The number of nitrogens with zero attached hydrogens (tertiary/aromatic N) is 2. The molecule has 4 heteroatoms. The molecule has 2 atom stereocenters. The minimum Gasteiger partial charge on any atom is -0.311 e. The zero-order chi connectivity index (χ0) is 47.3. The Morgan fingerprint density at radius 2 is 0.643 bits per heavy atom. The lowest BCUT2D eigenvalue weighted by molar-refractivity contribution is 0.587. The van der Waals surface area contributed by atoms with E-state index in [1.807, 2.05) is 24.3 Å². The molecule has 11 rings (SSSR count). The largest absolute Gasteiger partial charge is 0.311 e. The van der Waals surface area contributed by atoms with Crippen molar-refractivity contribution in [1.82, 2.24) is 0 Å². The van der Waals surface area contributed by atoms with Gasteiger partial charge in [-0.1, -0.05) is 211 Å². The van der Waals surface area contributed by atoms with Gasteiger partial charge in [-0.3, -0.25) is 0 Å². The van der Waals surface area contributed by atoms with E-state index in [-0.39, 0.29) is 5.92 Å². The number of hydrogen-bond acceptors (Lipinski definition) is 2. The van der Waals surface area contributed by atoms with E-state index in [0.717, 1.165) is 50.8 Å². The summed E-state index contributed by atoms with van der Waals surface area (Å²) in [6, 6.07) is 99.7. The van der Waals surface area contributed by atoms with Crippen LogP contribution in [0.1, 0.15) is 39.3 Å². The SMILES string of the molecule is Clc1ccc(N(c2ccccc2)c2ccc(C3=CC(c4ccccc4)C(c4ccccc4)(c4ccc(N(c5ccccc5)c5ccc(Cl)cc5)cc4)C(c4ccccc4)=C3c3ccccc3)cc2)cc1. The van der Waals surface area contributed by atoms with Crippen LogP contribution in [0.5, 0.6) is 0 Å². The maximum atomic E-state index is 6.46. The van der Waals surface area contributed by atoms with Gasteiger partial charge in [-0.2, -0.15) is 0 Å². The second-order valence-corrected chi connectivity index (χ2v) is 18.4. The number of rotatable bonds is 12. The number of halogens is 2. The summed E-state index contributed by atoms with van der Waals surface area (Å²) in [6.45, 7) is 0. The van der Waals surface area contributed by atoms with Gasteiger partial charge in [0.05, 0.1) is 5.41 Å². The van der Waals surface area contributed by atoms with Gasteiger partial charge in [-0.15, -0.1) is 0 Å². The summed E-state index contributed by atoms with van der Waals surface area (Å²) in [5.74, 6) is -0.157. The summed E-state index contributed by atoms with van der Waals surface area (Å²) in [7, 11) is 0. The Morgan fingerprint density at radius 3 is 1.10 bits per heavy atom. The Balaban J connectivity index is 1.18. The van der Waals surface area contributed by atoms with Gasteiger partial charge in [0.2, 0.25) is 0 Å². The molecule has 0 N–H and O–H groups in total. The van der Waals surface area contributed by atoms with Crippen LogP contribution in [0.3, 0.4) is 0 Å². The topological polar surface area (TPSA) is 6.48 Å². The third-order valence-corrected chi connectivity index (χ3v) is 13.9. The third kappa shape index (κ3) is 8.54. The van der Waals surface area contributed by atoms with E-state index in [1.54, 1.807) is 0 Å². The van der Waals surface area contributed by atoms with Crippen molar-refractivity contribution >= 4 is 74.0 Å². The first-order valence-corrected chi connectivity index (χ1v) is 24.4. The van der Waals surface area contributed by atoms with Gasteiger partial charge in [0.1, 0.15) is 0 Å². The number of para-hydroxylation sites is 2. The number of benzene rings is 10. The molecule has 0 heterocycles. The quantitative estimate of drug-likeness (QED) is 0.120. The first-order chi connectivity index (χ1) is 34.6. The molecule has 0 radical (unpaired) electrons. The molecule has 0 aliphatic heterocycles. The average molecular weight is 940 g/mol. The van der Waals surface area contributed by atoms with Crippen LogP contribution in [0.25, 0.3) is 16.7 Å². The second-order valence-electron chi connectivity index (χ2n) is 17.5. The van der Waals surface area contributed by atoms with Crippen LogP contribution in [-0.2, 0) is 5.41 Å². The second kappa shape index (κ2) is 19.8. The summed E-state index contributed by atoms with van der Waals surface area (Å²) in [5.41, 5.74) is 16.1. The van der Waals surface area contributed by atoms with E-state index in [4.69, 9.17) is 23.2 Å².